The lowest BCUT2D eigenvalue weighted by atomic mass is 10.2. The highest BCUT2D eigenvalue weighted by molar-refractivity contribution is 14.1. The Morgan fingerprint density at radius 3 is 2.45 bits per heavy atom. The van der Waals surface area contributed by atoms with E-state index in [0.717, 1.165) is 24.0 Å². The molecule has 0 aliphatic rings. The number of nitrogen functional groups attached to an aromatic ring is 1. The second-order valence-corrected chi connectivity index (χ2v) is 8.71. The number of hydrogen-bond acceptors (Lipinski definition) is 4. The molecule has 0 fully saturated rings. The number of hydrogen-bond donors (Lipinski definition) is 2. The molecule has 0 bridgehead atoms. The first-order valence-corrected chi connectivity index (χ1v) is 11.0. The predicted octanol–water partition coefficient (Wildman–Crippen LogP) is 5.47. The lowest BCUT2D eigenvalue weighted by Crippen LogP contribution is -2.19. The predicted molar refractivity (Wildman–Crippen MR) is 134 cm³/mol. The van der Waals surface area contributed by atoms with E-state index in [4.69, 9.17) is 22.1 Å². The van der Waals surface area contributed by atoms with Crippen LogP contribution in [0, 0.1) is 7.14 Å². The molecule has 3 aromatic carbocycles. The smallest absolute Gasteiger partial charge is 0.273 e. The van der Waals surface area contributed by atoms with Crippen LogP contribution in [0.25, 0.3) is 0 Å². The molecule has 0 saturated carbocycles. The van der Waals surface area contributed by atoms with Crippen molar-refractivity contribution in [3.8, 4) is 5.75 Å². The fourth-order valence-electron chi connectivity index (χ4n) is 2.49. The van der Waals surface area contributed by atoms with E-state index in [1.54, 1.807) is 30.5 Å². The molecule has 0 radical (unpaired) electrons. The normalized spacial score (nSPS) is 10.9. The number of halogens is 3. The maximum atomic E-state index is 12.2. The van der Waals surface area contributed by atoms with E-state index in [1.807, 2.05) is 36.4 Å². The van der Waals surface area contributed by atoms with Crippen LogP contribution in [-0.4, -0.2) is 12.1 Å². The molecular formula is C21H16ClI2N3O2. The Bertz CT molecular complexity index is 1050. The number of nitrogens with two attached hydrogens (primary N) is 1. The van der Waals surface area contributed by atoms with E-state index in [9.17, 15) is 4.79 Å². The lowest BCUT2D eigenvalue weighted by molar-refractivity contribution is 0.0956. The highest BCUT2D eigenvalue weighted by Crippen LogP contribution is 2.30. The van der Waals surface area contributed by atoms with Crippen molar-refractivity contribution >= 4 is 74.6 Å². The Balaban J connectivity index is 1.67. The van der Waals surface area contributed by atoms with Crippen LogP contribution in [0.2, 0.25) is 5.02 Å². The molecule has 148 valence electrons. The Hall–Kier alpha value is -1.85. The number of ether oxygens (including phenoxy) is 1. The van der Waals surface area contributed by atoms with Crippen molar-refractivity contribution in [2.24, 2.45) is 5.10 Å². The first-order chi connectivity index (χ1) is 14.0. The summed E-state index contributed by atoms with van der Waals surface area (Å²) in [5, 5.41) is 4.71. The lowest BCUT2D eigenvalue weighted by Gasteiger charge is -2.12. The molecule has 0 spiro atoms. The molecule has 0 heterocycles. The summed E-state index contributed by atoms with van der Waals surface area (Å²) in [5.41, 5.74) is 10.9. The Labute approximate surface area is 200 Å². The van der Waals surface area contributed by atoms with Crippen LogP contribution in [0.5, 0.6) is 5.75 Å². The second kappa shape index (κ2) is 10.3. The fraction of sp³-hybridized carbons (Fsp3) is 0.0476. The molecule has 3 aromatic rings. The van der Waals surface area contributed by atoms with Gasteiger partial charge >= 0.3 is 0 Å². The van der Waals surface area contributed by atoms with Gasteiger partial charge in [0.25, 0.3) is 5.91 Å². The summed E-state index contributed by atoms with van der Waals surface area (Å²) in [4.78, 5) is 12.2. The van der Waals surface area contributed by atoms with Crippen molar-refractivity contribution in [3.05, 3.63) is 89.5 Å². The maximum absolute atomic E-state index is 12.2. The van der Waals surface area contributed by atoms with Gasteiger partial charge in [0.1, 0.15) is 12.4 Å². The molecule has 0 unspecified atom stereocenters. The highest BCUT2D eigenvalue weighted by Gasteiger charge is 2.10. The zero-order valence-electron chi connectivity index (χ0n) is 15.0. The second-order valence-electron chi connectivity index (χ2n) is 5.98. The third-order valence-corrected chi connectivity index (χ3v) is 5.91. The van der Waals surface area contributed by atoms with Gasteiger partial charge in [0.15, 0.2) is 0 Å². The van der Waals surface area contributed by atoms with E-state index in [0.29, 0.717) is 22.9 Å². The number of para-hydroxylation sites is 1. The standard InChI is InChI=1S/C21H16ClI2N3O2/c22-16-7-3-1-5-14(16)12-29-20-17(23)9-13(10-18(20)24)11-26-27-21(28)15-6-2-4-8-19(15)25/h1-11H,12,25H2,(H,27,28)/b26-11+. The van der Waals surface area contributed by atoms with Gasteiger partial charge < -0.3 is 10.5 Å². The summed E-state index contributed by atoms with van der Waals surface area (Å²) in [6.45, 7) is 0.383. The zero-order chi connectivity index (χ0) is 20.8. The summed E-state index contributed by atoms with van der Waals surface area (Å²) in [6, 6.07) is 18.3. The average molecular weight is 632 g/mol. The highest BCUT2D eigenvalue weighted by atomic mass is 127. The molecule has 3 rings (SSSR count). The number of amides is 1. The maximum Gasteiger partial charge on any atom is 0.273 e. The van der Waals surface area contributed by atoms with Crippen LogP contribution < -0.4 is 15.9 Å². The third-order valence-electron chi connectivity index (χ3n) is 3.94. The van der Waals surface area contributed by atoms with Gasteiger partial charge in [-0.3, -0.25) is 4.79 Å². The average Bonchev–Trinajstić information content (AvgIpc) is 2.69. The summed E-state index contributed by atoms with van der Waals surface area (Å²) in [6.07, 6.45) is 1.58. The quantitative estimate of drug-likeness (QED) is 0.164. The number of nitrogens with one attached hydrogen (secondary N) is 1. The Morgan fingerprint density at radius 1 is 1.10 bits per heavy atom. The van der Waals surface area contributed by atoms with Gasteiger partial charge in [0.2, 0.25) is 0 Å². The number of carbonyl (C=O) groups excluding carboxylic acids is 1. The molecule has 3 N–H and O–H groups in total. The molecule has 1 amide bonds. The molecule has 0 saturated heterocycles. The Kier molecular flexibility index (Phi) is 7.73. The third kappa shape index (κ3) is 5.83. The molecule has 0 atom stereocenters. The van der Waals surface area contributed by atoms with Gasteiger partial charge in [-0.1, -0.05) is 41.9 Å². The molecule has 0 aromatic heterocycles. The van der Waals surface area contributed by atoms with Crippen LogP contribution in [0.15, 0.2) is 65.8 Å². The first kappa shape index (κ1) is 21.8. The molecule has 0 aliphatic carbocycles. The van der Waals surface area contributed by atoms with Crippen molar-refractivity contribution in [1.29, 1.82) is 0 Å². The van der Waals surface area contributed by atoms with E-state index in [-0.39, 0.29) is 5.91 Å². The molecular weight excluding hydrogens is 616 g/mol. The van der Waals surface area contributed by atoms with E-state index >= 15 is 0 Å². The van der Waals surface area contributed by atoms with E-state index in [2.05, 4.69) is 55.7 Å². The van der Waals surface area contributed by atoms with Crippen LogP contribution in [0.3, 0.4) is 0 Å². The van der Waals surface area contributed by atoms with Gasteiger partial charge in [-0.2, -0.15) is 5.10 Å². The SMILES string of the molecule is Nc1ccccc1C(=O)N/N=C/c1cc(I)c(OCc2ccccc2Cl)c(I)c1. The molecule has 29 heavy (non-hydrogen) atoms. The van der Waals surface area contributed by atoms with Crippen LogP contribution >= 0.6 is 56.8 Å². The van der Waals surface area contributed by atoms with Gasteiger partial charge in [-0.05, 0) is 81.1 Å². The minimum absolute atomic E-state index is 0.358. The molecule has 5 nitrogen and oxygen atoms in total. The van der Waals surface area contributed by atoms with Crippen molar-refractivity contribution in [3.63, 3.8) is 0 Å². The van der Waals surface area contributed by atoms with Crippen molar-refractivity contribution in [2.75, 3.05) is 5.73 Å². The van der Waals surface area contributed by atoms with E-state index < -0.39 is 0 Å². The van der Waals surface area contributed by atoms with E-state index in [1.165, 1.54) is 0 Å². The van der Waals surface area contributed by atoms with Crippen LogP contribution in [0.1, 0.15) is 21.5 Å². The minimum atomic E-state index is -0.358. The topological polar surface area (TPSA) is 76.7 Å². The summed E-state index contributed by atoms with van der Waals surface area (Å²) >= 11 is 10.6. The number of benzene rings is 3. The van der Waals surface area contributed by atoms with Gasteiger partial charge in [-0.25, -0.2) is 5.43 Å². The number of rotatable bonds is 6. The first-order valence-electron chi connectivity index (χ1n) is 8.49. The number of anilines is 1. The van der Waals surface area contributed by atoms with Gasteiger partial charge in [0, 0.05) is 16.3 Å². The van der Waals surface area contributed by atoms with Gasteiger partial charge in [0.05, 0.1) is 18.9 Å². The summed E-state index contributed by atoms with van der Waals surface area (Å²) in [7, 11) is 0. The van der Waals surface area contributed by atoms with Crippen LogP contribution in [0.4, 0.5) is 5.69 Å². The Morgan fingerprint density at radius 2 is 1.76 bits per heavy atom. The number of nitrogens with zero attached hydrogens (tertiary/aromatic N) is 1. The largest absolute Gasteiger partial charge is 0.487 e. The van der Waals surface area contributed by atoms with Crippen molar-refractivity contribution in [2.45, 2.75) is 6.61 Å². The minimum Gasteiger partial charge on any atom is -0.487 e. The molecule has 8 heteroatoms. The zero-order valence-corrected chi connectivity index (χ0v) is 20.1. The summed E-state index contributed by atoms with van der Waals surface area (Å²) in [5.74, 6) is 0.424. The number of carbonyl (C=O) groups is 1. The summed E-state index contributed by atoms with van der Waals surface area (Å²) < 4.78 is 7.84. The van der Waals surface area contributed by atoms with Crippen molar-refractivity contribution < 1.29 is 9.53 Å². The van der Waals surface area contributed by atoms with Gasteiger partial charge in [-0.15, -0.1) is 0 Å². The molecule has 0 aliphatic heterocycles. The number of hydrazone groups is 1. The monoisotopic (exact) mass is 631 g/mol. The fourth-order valence-corrected chi connectivity index (χ4v) is 4.80. The van der Waals surface area contributed by atoms with Crippen molar-refractivity contribution in [1.82, 2.24) is 5.43 Å². The van der Waals surface area contributed by atoms with Crippen LogP contribution in [-0.2, 0) is 6.61 Å².